The van der Waals surface area contributed by atoms with Crippen LogP contribution in [-0.2, 0) is 25.5 Å². The first kappa shape index (κ1) is 18.2. The Bertz CT molecular complexity index is 483. The summed E-state index contributed by atoms with van der Waals surface area (Å²) in [5, 5.41) is 0. The molecule has 0 radical (unpaired) electrons. The molecule has 1 aromatic rings. The lowest BCUT2D eigenvalue weighted by Crippen LogP contribution is -2.43. The van der Waals surface area contributed by atoms with Gasteiger partial charge in [0.15, 0.2) is 0 Å². The van der Waals surface area contributed by atoms with Gasteiger partial charge < -0.3 is 9.47 Å². The van der Waals surface area contributed by atoms with E-state index in [2.05, 4.69) is 0 Å². The zero-order valence-electron chi connectivity index (χ0n) is 13.9. The Hall–Kier alpha value is -1.84. The van der Waals surface area contributed by atoms with Crippen LogP contribution in [0.25, 0.3) is 0 Å². The monoisotopic (exact) mass is 306 g/mol. The molecule has 0 aromatic heterocycles. The molecule has 0 saturated carbocycles. The van der Waals surface area contributed by atoms with Gasteiger partial charge in [0, 0.05) is 0 Å². The Balaban J connectivity index is 3.11. The minimum atomic E-state index is -0.891. The lowest BCUT2D eigenvalue weighted by Gasteiger charge is -2.33. The van der Waals surface area contributed by atoms with E-state index in [0.29, 0.717) is 26.1 Å². The van der Waals surface area contributed by atoms with Crippen molar-refractivity contribution in [2.75, 3.05) is 13.2 Å². The van der Waals surface area contributed by atoms with Crippen molar-refractivity contribution in [1.29, 1.82) is 0 Å². The first-order chi connectivity index (χ1) is 10.5. The van der Waals surface area contributed by atoms with Crippen molar-refractivity contribution in [3.8, 4) is 0 Å². The molecule has 0 N–H and O–H groups in total. The molecule has 0 aliphatic heterocycles. The van der Waals surface area contributed by atoms with Crippen molar-refractivity contribution in [1.82, 2.24) is 0 Å². The maximum absolute atomic E-state index is 12.4. The summed E-state index contributed by atoms with van der Waals surface area (Å²) in [5.41, 5.74) is 0.113. The van der Waals surface area contributed by atoms with E-state index in [0.717, 1.165) is 5.56 Å². The van der Waals surface area contributed by atoms with Crippen LogP contribution >= 0.6 is 0 Å². The lowest BCUT2D eigenvalue weighted by molar-refractivity contribution is -0.168. The van der Waals surface area contributed by atoms with Gasteiger partial charge in [-0.2, -0.15) is 0 Å². The van der Waals surface area contributed by atoms with E-state index in [1.54, 1.807) is 20.8 Å². The Morgan fingerprint density at radius 2 is 1.64 bits per heavy atom. The van der Waals surface area contributed by atoms with Gasteiger partial charge in [-0.25, -0.2) is 0 Å². The first-order valence-corrected chi connectivity index (χ1v) is 7.87. The Kier molecular flexibility index (Phi) is 7.09. The zero-order chi connectivity index (χ0) is 16.6. The van der Waals surface area contributed by atoms with Crippen LogP contribution in [0, 0.1) is 11.3 Å². The summed E-state index contributed by atoms with van der Waals surface area (Å²) in [5.74, 6) is -1.24. The molecule has 4 heteroatoms. The van der Waals surface area contributed by atoms with E-state index in [-0.39, 0.29) is 11.9 Å². The van der Waals surface area contributed by atoms with Crippen molar-refractivity contribution >= 4 is 11.9 Å². The summed E-state index contributed by atoms with van der Waals surface area (Å²) in [4.78, 5) is 24.8. The highest BCUT2D eigenvalue weighted by atomic mass is 16.5. The number of carbonyl (C=O) groups is 2. The van der Waals surface area contributed by atoms with Crippen molar-refractivity contribution < 1.29 is 19.1 Å². The van der Waals surface area contributed by atoms with E-state index in [4.69, 9.17) is 9.47 Å². The van der Waals surface area contributed by atoms with E-state index >= 15 is 0 Å². The van der Waals surface area contributed by atoms with Crippen LogP contribution in [0.1, 0.15) is 39.7 Å². The van der Waals surface area contributed by atoms with Crippen molar-refractivity contribution in [3.05, 3.63) is 35.9 Å². The van der Waals surface area contributed by atoms with Gasteiger partial charge in [-0.15, -0.1) is 0 Å². The summed E-state index contributed by atoms with van der Waals surface area (Å²) in [6, 6.07) is 9.67. The highest BCUT2D eigenvalue weighted by molar-refractivity contribution is 5.85. The summed E-state index contributed by atoms with van der Waals surface area (Å²) >= 11 is 0. The number of hydrogen-bond donors (Lipinski definition) is 0. The second-order valence-corrected chi connectivity index (χ2v) is 5.49. The molecule has 122 valence electrons. The van der Waals surface area contributed by atoms with Crippen LogP contribution in [0.3, 0.4) is 0 Å². The van der Waals surface area contributed by atoms with Crippen LogP contribution in [0.2, 0.25) is 0 Å². The fraction of sp³-hybridized carbons (Fsp3) is 0.556. The number of hydrogen-bond acceptors (Lipinski definition) is 4. The van der Waals surface area contributed by atoms with Crippen molar-refractivity contribution in [2.45, 2.75) is 40.5 Å². The maximum atomic E-state index is 12.4. The molecule has 0 spiro atoms. The first-order valence-electron chi connectivity index (χ1n) is 7.87. The topological polar surface area (TPSA) is 52.6 Å². The van der Waals surface area contributed by atoms with Crippen molar-refractivity contribution in [2.24, 2.45) is 11.3 Å². The molecular formula is C18H26O4. The molecule has 0 bridgehead atoms. The molecule has 0 saturated heterocycles. The van der Waals surface area contributed by atoms with Crippen LogP contribution < -0.4 is 0 Å². The molecule has 1 aromatic carbocycles. The Morgan fingerprint density at radius 3 is 2.14 bits per heavy atom. The molecule has 22 heavy (non-hydrogen) atoms. The predicted octanol–water partition coefficient (Wildman–Crippen LogP) is 3.39. The van der Waals surface area contributed by atoms with Gasteiger partial charge in [0.1, 0.15) is 0 Å². The third kappa shape index (κ3) is 4.33. The standard InChI is InChI=1S/C18H26O4/c1-5-18(4,17(20)22-7-3)15(16(19)21-6-2)13-14-11-9-8-10-12-14/h8-12,15H,5-7,13H2,1-4H3. The quantitative estimate of drug-likeness (QED) is 0.691. The van der Waals surface area contributed by atoms with Gasteiger partial charge in [0.05, 0.1) is 24.5 Å². The molecule has 0 heterocycles. The third-order valence-corrected chi connectivity index (χ3v) is 4.10. The Labute approximate surface area is 132 Å². The highest BCUT2D eigenvalue weighted by Gasteiger charge is 2.45. The van der Waals surface area contributed by atoms with Gasteiger partial charge in [0.25, 0.3) is 0 Å². The largest absolute Gasteiger partial charge is 0.466 e. The minimum absolute atomic E-state index is 0.298. The zero-order valence-corrected chi connectivity index (χ0v) is 13.9. The molecule has 0 aliphatic rings. The van der Waals surface area contributed by atoms with Gasteiger partial charge in [0.2, 0.25) is 0 Å². The molecule has 4 nitrogen and oxygen atoms in total. The SMILES string of the molecule is CCOC(=O)C(Cc1ccccc1)C(C)(CC)C(=O)OCC. The van der Waals surface area contributed by atoms with E-state index < -0.39 is 11.3 Å². The Morgan fingerprint density at radius 1 is 1.05 bits per heavy atom. The van der Waals surface area contributed by atoms with Gasteiger partial charge in [-0.3, -0.25) is 9.59 Å². The molecule has 2 atom stereocenters. The summed E-state index contributed by atoms with van der Waals surface area (Å²) < 4.78 is 10.4. The molecular weight excluding hydrogens is 280 g/mol. The lowest BCUT2D eigenvalue weighted by atomic mass is 9.72. The molecule has 0 amide bonds. The number of esters is 2. The number of benzene rings is 1. The predicted molar refractivity (Wildman–Crippen MR) is 85.3 cm³/mol. The molecule has 0 fully saturated rings. The number of ether oxygens (including phenoxy) is 2. The van der Waals surface area contributed by atoms with Crippen molar-refractivity contribution in [3.63, 3.8) is 0 Å². The summed E-state index contributed by atoms with van der Waals surface area (Å²) in [6.07, 6.45) is 0.977. The average Bonchev–Trinajstić information content (AvgIpc) is 2.53. The van der Waals surface area contributed by atoms with Gasteiger partial charge in [-0.05, 0) is 39.2 Å². The molecule has 0 aliphatic carbocycles. The van der Waals surface area contributed by atoms with Crippen LogP contribution in [0.5, 0.6) is 0 Å². The summed E-state index contributed by atoms with van der Waals surface area (Å²) in [7, 11) is 0. The van der Waals surface area contributed by atoms with E-state index in [1.165, 1.54) is 0 Å². The van der Waals surface area contributed by atoms with E-state index in [1.807, 2.05) is 37.3 Å². The average molecular weight is 306 g/mol. The maximum Gasteiger partial charge on any atom is 0.312 e. The summed E-state index contributed by atoms with van der Waals surface area (Å²) in [6.45, 7) is 7.82. The van der Waals surface area contributed by atoms with Crippen LogP contribution in [0.4, 0.5) is 0 Å². The number of carbonyl (C=O) groups excluding carboxylic acids is 2. The van der Waals surface area contributed by atoms with Gasteiger partial charge in [-0.1, -0.05) is 37.3 Å². The highest BCUT2D eigenvalue weighted by Crippen LogP contribution is 2.36. The molecule has 2 unspecified atom stereocenters. The fourth-order valence-electron chi connectivity index (χ4n) is 2.49. The fourth-order valence-corrected chi connectivity index (χ4v) is 2.49. The normalized spacial score (nSPS) is 14.7. The second kappa shape index (κ2) is 8.57. The van der Waals surface area contributed by atoms with Gasteiger partial charge >= 0.3 is 11.9 Å². The third-order valence-electron chi connectivity index (χ3n) is 4.10. The molecule has 1 rings (SSSR count). The second-order valence-electron chi connectivity index (χ2n) is 5.49. The minimum Gasteiger partial charge on any atom is -0.466 e. The smallest absolute Gasteiger partial charge is 0.312 e. The number of rotatable bonds is 8. The van der Waals surface area contributed by atoms with Crippen LogP contribution in [0.15, 0.2) is 30.3 Å². The van der Waals surface area contributed by atoms with E-state index in [9.17, 15) is 9.59 Å². The van der Waals surface area contributed by atoms with Crippen LogP contribution in [-0.4, -0.2) is 25.2 Å².